The van der Waals surface area contributed by atoms with Crippen LogP contribution in [0.2, 0.25) is 0 Å². The maximum atomic E-state index is 12.4. The number of allylic oxidation sites excluding steroid dienone is 1. The molecule has 2 aromatic rings. The van der Waals surface area contributed by atoms with Gasteiger partial charge in [0.15, 0.2) is 17.7 Å². The molecule has 0 fully saturated rings. The molecule has 0 saturated carbocycles. The number of ether oxygens (including phenoxy) is 4. The molecule has 3 rings (SSSR count). The van der Waals surface area contributed by atoms with Crippen LogP contribution in [0.1, 0.15) is 31.0 Å². The molecule has 4 N–H and O–H groups in total. The minimum atomic E-state index is -1.12. The number of nitrogens with zero attached hydrogens (tertiary/aromatic N) is 1. The monoisotopic (exact) mass is 576 g/mol. The zero-order valence-corrected chi connectivity index (χ0v) is 22.4. The average Bonchev–Trinajstić information content (AvgIpc) is 2.87. The van der Waals surface area contributed by atoms with Gasteiger partial charge in [-0.1, -0.05) is 22.0 Å². The standard InChI is InChI=1S/C25H29BrN4O7/c1-5-36-20-11-15(23-22(24(32)35-4)14(2)28-25(33)29-23)6-8-19(20)37-13-21(31)30-27-12-16-10-17(26)7-9-18(16)34-3/h6-12,21,23,30-31H,5,13H2,1-4H3,(H2,28,29,33)/b27-12+/t21-,23+/m0/s1. The maximum absolute atomic E-state index is 12.4. The first-order chi connectivity index (χ1) is 17.8. The molecular weight excluding hydrogens is 548 g/mol. The molecule has 0 saturated heterocycles. The highest BCUT2D eigenvalue weighted by Crippen LogP contribution is 2.35. The van der Waals surface area contributed by atoms with Crippen LogP contribution in [0.3, 0.4) is 0 Å². The van der Waals surface area contributed by atoms with Crippen molar-refractivity contribution in [3.8, 4) is 17.2 Å². The number of amides is 2. The minimum Gasteiger partial charge on any atom is -0.496 e. The van der Waals surface area contributed by atoms with Crippen LogP contribution < -0.4 is 30.3 Å². The second-order valence-electron chi connectivity index (χ2n) is 7.80. The SMILES string of the molecule is CCOc1cc([C@H]2NC(=O)NC(C)=C2C(=O)OC)ccc1OC[C@H](O)N/N=C/c1cc(Br)ccc1OC. The van der Waals surface area contributed by atoms with Gasteiger partial charge in [0.1, 0.15) is 12.4 Å². The molecule has 2 aromatic carbocycles. The number of hydrogen-bond donors (Lipinski definition) is 4. The third-order valence-corrected chi connectivity index (χ3v) is 5.78. The van der Waals surface area contributed by atoms with Crippen molar-refractivity contribution in [2.24, 2.45) is 5.10 Å². The maximum Gasteiger partial charge on any atom is 0.337 e. The van der Waals surface area contributed by atoms with Crippen LogP contribution in [-0.2, 0) is 9.53 Å². The number of carbonyl (C=O) groups is 2. The van der Waals surface area contributed by atoms with E-state index in [1.807, 2.05) is 19.1 Å². The summed E-state index contributed by atoms with van der Waals surface area (Å²) in [5, 5.41) is 19.7. The summed E-state index contributed by atoms with van der Waals surface area (Å²) in [4.78, 5) is 24.4. The number of esters is 1. The summed E-state index contributed by atoms with van der Waals surface area (Å²) >= 11 is 3.40. The summed E-state index contributed by atoms with van der Waals surface area (Å²) in [6.45, 7) is 3.65. The van der Waals surface area contributed by atoms with Gasteiger partial charge >= 0.3 is 12.0 Å². The first kappa shape index (κ1) is 27.8. The van der Waals surface area contributed by atoms with Crippen LogP contribution in [0.25, 0.3) is 0 Å². The van der Waals surface area contributed by atoms with E-state index in [9.17, 15) is 14.7 Å². The molecule has 2 amide bonds. The lowest BCUT2D eigenvalue weighted by molar-refractivity contribution is -0.136. The van der Waals surface area contributed by atoms with Crippen LogP contribution in [0.5, 0.6) is 17.2 Å². The Labute approximate surface area is 222 Å². The second kappa shape index (κ2) is 13.0. The van der Waals surface area contributed by atoms with Crippen molar-refractivity contribution in [2.45, 2.75) is 26.1 Å². The van der Waals surface area contributed by atoms with E-state index in [2.05, 4.69) is 37.1 Å². The highest BCUT2D eigenvalue weighted by Gasteiger charge is 2.32. The first-order valence-corrected chi connectivity index (χ1v) is 12.1. The van der Waals surface area contributed by atoms with Crippen molar-refractivity contribution >= 4 is 34.1 Å². The molecule has 11 nitrogen and oxygen atoms in total. The predicted octanol–water partition coefficient (Wildman–Crippen LogP) is 2.98. The fourth-order valence-electron chi connectivity index (χ4n) is 3.62. The quantitative estimate of drug-likeness (QED) is 0.138. The Kier molecular flexibility index (Phi) is 9.75. The highest BCUT2D eigenvalue weighted by atomic mass is 79.9. The molecule has 0 aliphatic carbocycles. The average molecular weight is 577 g/mol. The molecule has 2 atom stereocenters. The van der Waals surface area contributed by atoms with Crippen molar-refractivity contribution < 1.29 is 33.6 Å². The van der Waals surface area contributed by atoms with Crippen molar-refractivity contribution in [1.82, 2.24) is 16.1 Å². The van der Waals surface area contributed by atoms with E-state index in [0.717, 1.165) is 4.47 Å². The smallest absolute Gasteiger partial charge is 0.337 e. The second-order valence-corrected chi connectivity index (χ2v) is 8.72. The van der Waals surface area contributed by atoms with Gasteiger partial charge in [-0.2, -0.15) is 5.10 Å². The van der Waals surface area contributed by atoms with E-state index in [0.29, 0.717) is 40.7 Å². The molecule has 0 unspecified atom stereocenters. The fraction of sp³-hybridized carbons (Fsp3) is 0.320. The van der Waals surface area contributed by atoms with Crippen LogP contribution >= 0.6 is 15.9 Å². The molecular formula is C25H29BrN4O7. The number of aliphatic hydroxyl groups excluding tert-OH is 1. The van der Waals surface area contributed by atoms with Gasteiger partial charge in [0, 0.05) is 15.7 Å². The minimum absolute atomic E-state index is 0.136. The number of rotatable bonds is 11. The Balaban J connectivity index is 1.72. The highest BCUT2D eigenvalue weighted by molar-refractivity contribution is 9.10. The molecule has 0 radical (unpaired) electrons. The summed E-state index contributed by atoms with van der Waals surface area (Å²) in [5.74, 6) is 0.809. The van der Waals surface area contributed by atoms with E-state index >= 15 is 0 Å². The number of benzene rings is 2. The molecule has 0 aromatic heterocycles. The summed E-state index contributed by atoms with van der Waals surface area (Å²) in [5.41, 5.74) is 4.58. The third kappa shape index (κ3) is 7.14. The summed E-state index contributed by atoms with van der Waals surface area (Å²) in [6, 6.07) is 9.29. The topological polar surface area (TPSA) is 140 Å². The lowest BCUT2D eigenvalue weighted by Crippen LogP contribution is -2.45. The molecule has 198 valence electrons. The van der Waals surface area contributed by atoms with Crippen LogP contribution in [0, 0.1) is 0 Å². The predicted molar refractivity (Wildman–Crippen MR) is 140 cm³/mol. The number of aliphatic hydroxyl groups is 1. The Morgan fingerprint density at radius 3 is 2.65 bits per heavy atom. The largest absolute Gasteiger partial charge is 0.496 e. The summed E-state index contributed by atoms with van der Waals surface area (Å²) in [7, 11) is 2.84. The Morgan fingerprint density at radius 1 is 1.19 bits per heavy atom. The normalized spacial score (nSPS) is 16.1. The zero-order valence-electron chi connectivity index (χ0n) is 20.8. The van der Waals surface area contributed by atoms with Crippen molar-refractivity contribution in [2.75, 3.05) is 27.4 Å². The van der Waals surface area contributed by atoms with Crippen LogP contribution in [0.15, 0.2) is 57.2 Å². The number of methoxy groups -OCH3 is 2. The van der Waals surface area contributed by atoms with Crippen molar-refractivity contribution in [1.29, 1.82) is 0 Å². The van der Waals surface area contributed by atoms with Crippen LogP contribution in [0.4, 0.5) is 4.79 Å². The van der Waals surface area contributed by atoms with Gasteiger partial charge in [0.05, 0.1) is 38.7 Å². The van der Waals surface area contributed by atoms with Crippen molar-refractivity contribution in [3.05, 3.63) is 63.3 Å². The molecule has 37 heavy (non-hydrogen) atoms. The Morgan fingerprint density at radius 2 is 1.95 bits per heavy atom. The third-order valence-electron chi connectivity index (χ3n) is 5.29. The number of hydrazone groups is 1. The van der Waals surface area contributed by atoms with Gasteiger partial charge in [-0.15, -0.1) is 0 Å². The lowest BCUT2D eigenvalue weighted by atomic mass is 9.95. The molecule has 0 spiro atoms. The fourth-order valence-corrected chi connectivity index (χ4v) is 4.00. The zero-order chi connectivity index (χ0) is 26.9. The van der Waals surface area contributed by atoms with Gasteiger partial charge in [-0.05, 0) is 49.7 Å². The van der Waals surface area contributed by atoms with E-state index in [4.69, 9.17) is 18.9 Å². The van der Waals surface area contributed by atoms with Crippen molar-refractivity contribution in [3.63, 3.8) is 0 Å². The Hall–Kier alpha value is -3.77. The number of halogens is 1. The number of urea groups is 1. The number of carbonyl (C=O) groups excluding carboxylic acids is 2. The molecule has 0 bridgehead atoms. The lowest BCUT2D eigenvalue weighted by Gasteiger charge is -2.28. The van der Waals surface area contributed by atoms with E-state index in [1.54, 1.807) is 38.3 Å². The van der Waals surface area contributed by atoms with Crippen LogP contribution in [-0.4, -0.2) is 57.0 Å². The van der Waals surface area contributed by atoms with Gasteiger partial charge in [-0.3, -0.25) is 5.43 Å². The van der Waals surface area contributed by atoms with Gasteiger partial charge in [-0.25, -0.2) is 9.59 Å². The van der Waals surface area contributed by atoms with Gasteiger partial charge in [0.25, 0.3) is 0 Å². The van der Waals surface area contributed by atoms with E-state index in [-0.39, 0.29) is 12.2 Å². The number of nitrogens with one attached hydrogen (secondary N) is 3. The summed E-state index contributed by atoms with van der Waals surface area (Å²) in [6.07, 6.45) is 0.401. The molecule has 1 heterocycles. The van der Waals surface area contributed by atoms with Gasteiger partial charge in [0.2, 0.25) is 0 Å². The molecule has 1 aliphatic rings. The Bertz CT molecular complexity index is 1200. The van der Waals surface area contributed by atoms with Gasteiger partial charge < -0.3 is 34.7 Å². The molecule has 12 heteroatoms. The first-order valence-electron chi connectivity index (χ1n) is 11.3. The van der Waals surface area contributed by atoms with E-state index in [1.165, 1.54) is 13.3 Å². The van der Waals surface area contributed by atoms with E-state index < -0.39 is 24.3 Å². The summed E-state index contributed by atoms with van der Waals surface area (Å²) < 4.78 is 22.5. The molecule has 1 aliphatic heterocycles. The number of hydrogen-bond acceptors (Lipinski definition) is 9.